The summed E-state index contributed by atoms with van der Waals surface area (Å²) in [5.41, 5.74) is 2.12. The van der Waals surface area contributed by atoms with Gasteiger partial charge in [-0.15, -0.1) is 0 Å². The highest BCUT2D eigenvalue weighted by Gasteiger charge is 2.26. The van der Waals surface area contributed by atoms with Gasteiger partial charge < -0.3 is 14.2 Å². The number of hydrogen-bond acceptors (Lipinski definition) is 3. The van der Waals surface area contributed by atoms with Crippen LogP contribution in [0, 0.1) is 0 Å². The van der Waals surface area contributed by atoms with Gasteiger partial charge in [0.25, 0.3) is 0 Å². The van der Waals surface area contributed by atoms with Crippen LogP contribution in [0.15, 0.2) is 36.4 Å². The molecule has 2 heterocycles. The molecule has 0 saturated carbocycles. The zero-order chi connectivity index (χ0) is 15.8. The summed E-state index contributed by atoms with van der Waals surface area (Å²) in [6.07, 6.45) is 2.18. The molecule has 0 amide bonds. The Morgan fingerprint density at radius 1 is 0.826 bits per heavy atom. The van der Waals surface area contributed by atoms with Crippen LogP contribution < -0.4 is 4.74 Å². The zero-order valence-electron chi connectivity index (χ0n) is 12.4. The maximum Gasteiger partial charge on any atom is 0.130 e. The molecule has 120 valence electrons. The molecule has 2 aromatic rings. The smallest absolute Gasteiger partial charge is 0.130 e. The summed E-state index contributed by atoms with van der Waals surface area (Å²) in [6.45, 7) is 1.61. The van der Waals surface area contributed by atoms with Crippen molar-refractivity contribution in [1.82, 2.24) is 0 Å². The van der Waals surface area contributed by atoms with Gasteiger partial charge in [-0.05, 0) is 47.5 Å². The normalized spacial score (nSPS) is 22.0. The lowest BCUT2D eigenvalue weighted by molar-refractivity contribution is 0.398. The van der Waals surface area contributed by atoms with Crippen molar-refractivity contribution >= 4 is 23.2 Å². The fraction of sp³-hybridized carbons (Fsp3) is 0.333. The minimum atomic E-state index is 0.278. The summed E-state index contributed by atoms with van der Waals surface area (Å²) < 4.78 is 16.8. The molecule has 3 nitrogen and oxygen atoms in total. The highest BCUT2D eigenvalue weighted by molar-refractivity contribution is 6.31. The van der Waals surface area contributed by atoms with E-state index in [9.17, 15) is 0 Å². The lowest BCUT2D eigenvalue weighted by Crippen LogP contribution is -2.00. The van der Waals surface area contributed by atoms with E-state index in [0.717, 1.165) is 48.7 Å². The molecule has 5 heteroatoms. The Bertz CT molecular complexity index is 663. The van der Waals surface area contributed by atoms with Crippen LogP contribution in [0.25, 0.3) is 0 Å². The van der Waals surface area contributed by atoms with E-state index >= 15 is 0 Å². The Morgan fingerprint density at radius 3 is 1.65 bits per heavy atom. The van der Waals surface area contributed by atoms with Gasteiger partial charge >= 0.3 is 0 Å². The van der Waals surface area contributed by atoms with Crippen LogP contribution in [0.3, 0.4) is 0 Å². The quantitative estimate of drug-likeness (QED) is 0.710. The first-order chi connectivity index (χ1) is 11.2. The van der Waals surface area contributed by atoms with E-state index in [1.54, 1.807) is 0 Å². The molecule has 0 N–H and O–H groups in total. The van der Waals surface area contributed by atoms with E-state index in [-0.39, 0.29) is 12.2 Å². The molecule has 2 saturated heterocycles. The van der Waals surface area contributed by atoms with Crippen molar-refractivity contribution in [2.45, 2.75) is 25.0 Å². The van der Waals surface area contributed by atoms with E-state index < -0.39 is 0 Å². The van der Waals surface area contributed by atoms with Crippen molar-refractivity contribution in [1.29, 1.82) is 0 Å². The van der Waals surface area contributed by atoms with Crippen LogP contribution in [0.2, 0.25) is 10.0 Å². The predicted octanol–water partition coefficient (Wildman–Crippen LogP) is 4.67. The Balaban J connectivity index is 1.61. The Kier molecular flexibility index (Phi) is 4.20. The van der Waals surface area contributed by atoms with Gasteiger partial charge in [-0.1, -0.05) is 23.2 Å². The zero-order valence-corrected chi connectivity index (χ0v) is 13.9. The largest absolute Gasteiger partial charge is 0.457 e. The third-order valence-corrected chi connectivity index (χ3v) is 4.44. The number of rotatable bonds is 6. The summed E-state index contributed by atoms with van der Waals surface area (Å²) in [5, 5.41) is 1.41. The fourth-order valence-corrected chi connectivity index (χ4v) is 2.98. The molecule has 0 unspecified atom stereocenters. The second kappa shape index (κ2) is 6.33. The number of epoxide rings is 2. The second-order valence-corrected chi connectivity index (χ2v) is 6.80. The Hall–Kier alpha value is -1.26. The maximum atomic E-state index is 6.18. The van der Waals surface area contributed by atoms with Crippen LogP contribution in [0.1, 0.15) is 11.1 Å². The monoisotopic (exact) mass is 350 g/mol. The summed E-state index contributed by atoms with van der Waals surface area (Å²) in [4.78, 5) is 0. The molecule has 2 fully saturated rings. The van der Waals surface area contributed by atoms with Crippen LogP contribution >= 0.6 is 23.2 Å². The molecule has 2 atom stereocenters. The molecule has 0 aliphatic carbocycles. The third-order valence-electron chi connectivity index (χ3n) is 3.96. The molecule has 0 aromatic heterocycles. The number of benzene rings is 2. The van der Waals surface area contributed by atoms with Gasteiger partial charge in [-0.3, -0.25) is 0 Å². The molecule has 2 aliphatic heterocycles. The van der Waals surface area contributed by atoms with E-state index in [1.807, 2.05) is 36.4 Å². The molecule has 0 radical (unpaired) electrons. The van der Waals surface area contributed by atoms with Crippen molar-refractivity contribution in [3.63, 3.8) is 0 Å². The molecular weight excluding hydrogens is 335 g/mol. The molecule has 0 bridgehead atoms. The van der Waals surface area contributed by atoms with Gasteiger partial charge in [0.1, 0.15) is 11.5 Å². The SMILES string of the molecule is Clc1ccc(Oc2ccc(Cl)cc2C[C@H]2CO2)c(C[C@H]2CO2)c1. The number of halogens is 2. The first-order valence-electron chi connectivity index (χ1n) is 7.65. The third kappa shape index (κ3) is 3.99. The minimum Gasteiger partial charge on any atom is -0.457 e. The topological polar surface area (TPSA) is 34.3 Å². The van der Waals surface area contributed by atoms with Crippen molar-refractivity contribution < 1.29 is 14.2 Å². The molecule has 4 rings (SSSR count). The highest BCUT2D eigenvalue weighted by Crippen LogP contribution is 2.34. The summed E-state index contributed by atoms with van der Waals surface area (Å²) >= 11 is 12.2. The van der Waals surface area contributed by atoms with E-state index in [0.29, 0.717) is 10.0 Å². The van der Waals surface area contributed by atoms with Crippen LogP contribution in [-0.4, -0.2) is 25.4 Å². The predicted molar refractivity (Wildman–Crippen MR) is 89.9 cm³/mol. The Morgan fingerprint density at radius 2 is 1.26 bits per heavy atom. The van der Waals surface area contributed by atoms with Gasteiger partial charge in [-0.25, -0.2) is 0 Å². The van der Waals surface area contributed by atoms with Crippen molar-refractivity contribution in [2.75, 3.05) is 13.2 Å². The van der Waals surface area contributed by atoms with Crippen LogP contribution in [0.4, 0.5) is 0 Å². The van der Waals surface area contributed by atoms with Gasteiger partial charge in [0.15, 0.2) is 0 Å². The summed E-state index contributed by atoms with van der Waals surface area (Å²) in [5.74, 6) is 1.62. The fourth-order valence-electron chi connectivity index (χ4n) is 2.60. The molecule has 2 aromatic carbocycles. The summed E-state index contributed by atoms with van der Waals surface area (Å²) in [7, 11) is 0. The first-order valence-corrected chi connectivity index (χ1v) is 8.41. The van der Waals surface area contributed by atoms with Crippen LogP contribution in [0.5, 0.6) is 11.5 Å². The average molecular weight is 351 g/mol. The van der Waals surface area contributed by atoms with Crippen molar-refractivity contribution in [3.05, 3.63) is 57.6 Å². The number of hydrogen-bond donors (Lipinski definition) is 0. The first kappa shape index (κ1) is 15.3. The molecule has 0 spiro atoms. The minimum absolute atomic E-state index is 0.278. The molecule has 23 heavy (non-hydrogen) atoms. The maximum absolute atomic E-state index is 6.18. The van der Waals surface area contributed by atoms with Gasteiger partial charge in [0.05, 0.1) is 25.4 Å². The van der Waals surface area contributed by atoms with E-state index in [1.165, 1.54) is 0 Å². The van der Waals surface area contributed by atoms with Crippen molar-refractivity contribution in [2.24, 2.45) is 0 Å². The summed E-state index contributed by atoms with van der Waals surface area (Å²) in [6, 6.07) is 11.4. The Labute approximate surface area is 145 Å². The van der Waals surface area contributed by atoms with Crippen LogP contribution in [-0.2, 0) is 22.3 Å². The van der Waals surface area contributed by atoms with Gasteiger partial charge in [0, 0.05) is 22.9 Å². The van der Waals surface area contributed by atoms with Crippen molar-refractivity contribution in [3.8, 4) is 11.5 Å². The average Bonchev–Trinajstić information content (AvgIpc) is 3.40. The van der Waals surface area contributed by atoms with Gasteiger partial charge in [0.2, 0.25) is 0 Å². The standard InChI is InChI=1S/C18H16Cl2O3/c19-13-1-3-17(11(5-13)7-15-9-21-15)23-18-4-2-14(20)6-12(18)8-16-10-22-16/h1-6,15-16H,7-10H2/t15-,16-/m0/s1. The molecule has 2 aliphatic rings. The molecular formula is C18H16Cl2O3. The second-order valence-electron chi connectivity index (χ2n) is 5.93. The van der Waals surface area contributed by atoms with Gasteiger partial charge in [-0.2, -0.15) is 0 Å². The number of ether oxygens (including phenoxy) is 3. The highest BCUT2D eigenvalue weighted by atomic mass is 35.5. The van der Waals surface area contributed by atoms with E-state index in [4.69, 9.17) is 37.4 Å². The lowest BCUT2D eigenvalue weighted by atomic mass is 10.1. The van der Waals surface area contributed by atoms with E-state index in [2.05, 4.69) is 0 Å². The lowest BCUT2D eigenvalue weighted by Gasteiger charge is -2.14.